The standard InChI is InChI=1S/C22H21ClFNO3S/c1-14-12-16(2-7-21(26)25-10-8-15(9-11-25)22(27)28)19(23)13-20(14)29-18-5-3-17(24)4-6-18/h2-7,12-13,15H,8-11H2,1H3,(H,27,28). The highest BCUT2D eigenvalue weighted by Gasteiger charge is 2.26. The number of piperidine rings is 1. The third-order valence-corrected chi connectivity index (χ3v) is 6.39. The van der Waals surface area contributed by atoms with Gasteiger partial charge in [-0.1, -0.05) is 23.4 Å². The monoisotopic (exact) mass is 433 g/mol. The van der Waals surface area contributed by atoms with Gasteiger partial charge >= 0.3 is 5.97 Å². The van der Waals surface area contributed by atoms with E-state index >= 15 is 0 Å². The predicted octanol–water partition coefficient (Wildman–Crippen LogP) is 5.28. The third-order valence-electron chi connectivity index (χ3n) is 4.90. The van der Waals surface area contributed by atoms with Crippen molar-refractivity contribution in [1.82, 2.24) is 4.90 Å². The van der Waals surface area contributed by atoms with E-state index in [1.807, 2.05) is 19.1 Å². The highest BCUT2D eigenvalue weighted by atomic mass is 35.5. The molecule has 1 fully saturated rings. The zero-order valence-corrected chi connectivity index (χ0v) is 17.5. The van der Waals surface area contributed by atoms with Crippen LogP contribution in [-0.4, -0.2) is 35.0 Å². The molecule has 3 rings (SSSR count). The summed E-state index contributed by atoms with van der Waals surface area (Å²) >= 11 is 7.90. The molecule has 0 radical (unpaired) electrons. The van der Waals surface area contributed by atoms with E-state index in [4.69, 9.17) is 16.7 Å². The lowest BCUT2D eigenvalue weighted by atomic mass is 9.97. The predicted molar refractivity (Wildman–Crippen MR) is 113 cm³/mol. The average Bonchev–Trinajstić information content (AvgIpc) is 2.71. The molecule has 1 heterocycles. The van der Waals surface area contributed by atoms with Gasteiger partial charge in [-0.15, -0.1) is 0 Å². The number of carbonyl (C=O) groups is 2. The van der Waals surface area contributed by atoms with E-state index in [1.165, 1.54) is 30.0 Å². The lowest BCUT2D eigenvalue weighted by Gasteiger charge is -2.29. The molecule has 29 heavy (non-hydrogen) atoms. The van der Waals surface area contributed by atoms with Gasteiger partial charge in [-0.2, -0.15) is 0 Å². The van der Waals surface area contributed by atoms with Gasteiger partial charge in [0.1, 0.15) is 5.82 Å². The second-order valence-electron chi connectivity index (χ2n) is 6.97. The summed E-state index contributed by atoms with van der Waals surface area (Å²) in [6.07, 6.45) is 4.12. The quantitative estimate of drug-likeness (QED) is 0.652. The number of carboxylic acids is 1. The van der Waals surface area contributed by atoms with Crippen LogP contribution in [0.25, 0.3) is 6.08 Å². The maximum Gasteiger partial charge on any atom is 0.306 e. The molecule has 0 saturated carbocycles. The maximum absolute atomic E-state index is 13.1. The molecular weight excluding hydrogens is 413 g/mol. The Bertz CT molecular complexity index is 938. The van der Waals surface area contributed by atoms with Gasteiger partial charge < -0.3 is 10.0 Å². The summed E-state index contributed by atoms with van der Waals surface area (Å²) in [5.74, 6) is -1.59. The molecule has 2 aromatic carbocycles. The van der Waals surface area contributed by atoms with E-state index in [9.17, 15) is 14.0 Å². The summed E-state index contributed by atoms with van der Waals surface area (Å²) in [5.41, 5.74) is 1.74. The van der Waals surface area contributed by atoms with Gasteiger partial charge in [-0.3, -0.25) is 9.59 Å². The number of benzene rings is 2. The number of aliphatic carboxylic acids is 1. The summed E-state index contributed by atoms with van der Waals surface area (Å²) in [4.78, 5) is 26.9. The molecular formula is C22H21ClFNO3S. The first kappa shape index (κ1) is 21.4. The van der Waals surface area contributed by atoms with Gasteiger partial charge in [0.2, 0.25) is 5.91 Å². The van der Waals surface area contributed by atoms with Gasteiger partial charge in [0.05, 0.1) is 5.92 Å². The Kier molecular flexibility index (Phi) is 6.98. The molecule has 1 amide bonds. The van der Waals surface area contributed by atoms with Crippen LogP contribution < -0.4 is 0 Å². The average molecular weight is 434 g/mol. The molecule has 0 spiro atoms. The van der Waals surface area contributed by atoms with Crippen molar-refractivity contribution in [2.75, 3.05) is 13.1 Å². The summed E-state index contributed by atoms with van der Waals surface area (Å²) in [5, 5.41) is 9.57. The number of likely N-dealkylation sites (tertiary alicyclic amines) is 1. The van der Waals surface area contributed by atoms with Gasteiger partial charge in [-0.05, 0) is 73.4 Å². The second kappa shape index (κ2) is 9.46. The van der Waals surface area contributed by atoms with Crippen molar-refractivity contribution in [1.29, 1.82) is 0 Å². The van der Waals surface area contributed by atoms with Crippen LogP contribution in [-0.2, 0) is 9.59 Å². The molecule has 1 N–H and O–H groups in total. The molecule has 4 nitrogen and oxygen atoms in total. The minimum absolute atomic E-state index is 0.146. The number of rotatable bonds is 5. The molecule has 1 aliphatic heterocycles. The summed E-state index contributed by atoms with van der Waals surface area (Å²) in [6.45, 7) is 2.85. The second-order valence-corrected chi connectivity index (χ2v) is 8.49. The van der Waals surface area contributed by atoms with E-state index in [2.05, 4.69) is 0 Å². The fraction of sp³-hybridized carbons (Fsp3) is 0.273. The van der Waals surface area contributed by atoms with Crippen molar-refractivity contribution < 1.29 is 19.1 Å². The van der Waals surface area contributed by atoms with E-state index in [0.29, 0.717) is 31.0 Å². The largest absolute Gasteiger partial charge is 0.481 e. The Morgan fingerprint density at radius 2 is 1.86 bits per heavy atom. The summed E-state index contributed by atoms with van der Waals surface area (Å²) in [6, 6.07) is 10.0. The lowest BCUT2D eigenvalue weighted by molar-refractivity contribution is -0.144. The zero-order valence-electron chi connectivity index (χ0n) is 15.9. The van der Waals surface area contributed by atoms with E-state index in [1.54, 1.807) is 23.1 Å². The number of hydrogen-bond acceptors (Lipinski definition) is 3. The minimum atomic E-state index is -0.798. The van der Waals surface area contributed by atoms with Crippen molar-refractivity contribution in [3.63, 3.8) is 0 Å². The van der Waals surface area contributed by atoms with Crippen molar-refractivity contribution >= 4 is 41.3 Å². The molecule has 0 aliphatic carbocycles. The molecule has 0 bridgehead atoms. The number of nitrogens with zero attached hydrogens (tertiary/aromatic N) is 1. The molecule has 2 aromatic rings. The molecule has 7 heteroatoms. The van der Waals surface area contributed by atoms with Crippen molar-refractivity contribution in [3.05, 3.63) is 64.4 Å². The lowest BCUT2D eigenvalue weighted by Crippen LogP contribution is -2.39. The molecule has 0 aromatic heterocycles. The minimum Gasteiger partial charge on any atom is -0.481 e. The number of amides is 1. The van der Waals surface area contributed by atoms with Crippen LogP contribution >= 0.6 is 23.4 Å². The zero-order chi connectivity index (χ0) is 21.0. The molecule has 1 aliphatic rings. The summed E-state index contributed by atoms with van der Waals surface area (Å²) < 4.78 is 13.1. The first-order valence-electron chi connectivity index (χ1n) is 9.27. The molecule has 152 valence electrons. The van der Waals surface area contributed by atoms with Gasteiger partial charge in [0.25, 0.3) is 0 Å². The van der Waals surface area contributed by atoms with Crippen LogP contribution in [0.15, 0.2) is 52.3 Å². The van der Waals surface area contributed by atoms with Crippen LogP contribution in [0.1, 0.15) is 24.0 Å². The Balaban J connectivity index is 1.66. The first-order chi connectivity index (χ1) is 13.8. The molecule has 0 unspecified atom stereocenters. The van der Waals surface area contributed by atoms with E-state index < -0.39 is 5.97 Å². The Morgan fingerprint density at radius 3 is 2.48 bits per heavy atom. The molecule has 0 atom stereocenters. The summed E-state index contributed by atoms with van der Waals surface area (Å²) in [7, 11) is 0. The van der Waals surface area contributed by atoms with E-state index in [-0.39, 0.29) is 17.6 Å². The Labute approximate surface area is 178 Å². The number of aryl methyl sites for hydroxylation is 1. The number of halogens is 2. The normalized spacial score (nSPS) is 15.1. The van der Waals surface area contributed by atoms with Gasteiger partial charge in [-0.25, -0.2) is 4.39 Å². The number of carbonyl (C=O) groups excluding carboxylic acids is 1. The Hall–Kier alpha value is -2.31. The fourth-order valence-corrected chi connectivity index (χ4v) is 4.38. The van der Waals surface area contributed by atoms with Crippen LogP contribution in [0.5, 0.6) is 0 Å². The highest BCUT2D eigenvalue weighted by Crippen LogP contribution is 2.34. The number of hydrogen-bond donors (Lipinski definition) is 1. The van der Waals surface area contributed by atoms with Crippen LogP contribution in [0.4, 0.5) is 4.39 Å². The molecule has 1 saturated heterocycles. The maximum atomic E-state index is 13.1. The SMILES string of the molecule is Cc1cc(C=CC(=O)N2CCC(C(=O)O)CC2)c(Cl)cc1Sc1ccc(F)cc1. The third kappa shape index (κ3) is 5.61. The Morgan fingerprint density at radius 1 is 1.21 bits per heavy atom. The first-order valence-corrected chi connectivity index (χ1v) is 10.5. The van der Waals surface area contributed by atoms with Gasteiger partial charge in [0, 0.05) is 34.0 Å². The fourth-order valence-electron chi connectivity index (χ4n) is 3.17. The van der Waals surface area contributed by atoms with Crippen LogP contribution in [0, 0.1) is 18.7 Å². The van der Waals surface area contributed by atoms with Crippen LogP contribution in [0.2, 0.25) is 5.02 Å². The van der Waals surface area contributed by atoms with Crippen molar-refractivity contribution in [3.8, 4) is 0 Å². The van der Waals surface area contributed by atoms with Crippen molar-refractivity contribution in [2.45, 2.75) is 29.6 Å². The van der Waals surface area contributed by atoms with E-state index in [0.717, 1.165) is 20.9 Å². The van der Waals surface area contributed by atoms with Gasteiger partial charge in [0.15, 0.2) is 0 Å². The topological polar surface area (TPSA) is 57.6 Å². The highest BCUT2D eigenvalue weighted by molar-refractivity contribution is 7.99. The number of carboxylic acid groups (broad SMARTS) is 1. The van der Waals surface area contributed by atoms with Crippen LogP contribution in [0.3, 0.4) is 0 Å². The van der Waals surface area contributed by atoms with Crippen molar-refractivity contribution in [2.24, 2.45) is 5.92 Å². The smallest absolute Gasteiger partial charge is 0.306 e.